The lowest BCUT2D eigenvalue weighted by Crippen LogP contribution is -2.33. The molecule has 1 heterocycles. The van der Waals surface area contributed by atoms with Crippen molar-refractivity contribution in [2.75, 3.05) is 11.9 Å². The molecule has 3 saturated carbocycles. The minimum absolute atomic E-state index is 0.0307. The molecule has 0 aromatic carbocycles. The highest BCUT2D eigenvalue weighted by Gasteiger charge is 2.52. The predicted molar refractivity (Wildman–Crippen MR) is 95.9 cm³/mol. The number of amides is 2. The summed E-state index contributed by atoms with van der Waals surface area (Å²) in [4.78, 5) is 27.5. The van der Waals surface area contributed by atoms with E-state index in [2.05, 4.69) is 10.3 Å². The Kier molecular flexibility index (Phi) is 4.88. The molecule has 3 aliphatic rings. The first-order chi connectivity index (χ1) is 12.5. The zero-order chi connectivity index (χ0) is 18.1. The first-order valence-electron chi connectivity index (χ1n) is 9.36. The number of nitrogens with zero attached hydrogens (tertiary/aromatic N) is 1. The highest BCUT2D eigenvalue weighted by atomic mass is 32.1. The predicted octanol–water partition coefficient (Wildman–Crippen LogP) is 3.35. The van der Waals surface area contributed by atoms with Crippen molar-refractivity contribution in [3.63, 3.8) is 0 Å². The molecule has 0 spiro atoms. The molecule has 4 atom stereocenters. The molecule has 3 N–H and O–H groups in total. The van der Waals surface area contributed by atoms with Crippen LogP contribution in [0.4, 0.5) is 9.93 Å². The van der Waals surface area contributed by atoms with Gasteiger partial charge < -0.3 is 4.74 Å². The fourth-order valence-corrected chi connectivity index (χ4v) is 6.19. The van der Waals surface area contributed by atoms with Gasteiger partial charge in [-0.05, 0) is 43.4 Å². The summed E-state index contributed by atoms with van der Waals surface area (Å²) in [6.07, 6.45) is 8.53. The Labute approximate surface area is 156 Å². The highest BCUT2D eigenvalue weighted by molar-refractivity contribution is 7.13. The largest absolute Gasteiger partial charge is 0.449 e. The fraction of sp³-hybridized carbons (Fsp3) is 0.722. The van der Waals surface area contributed by atoms with Crippen LogP contribution in [0.5, 0.6) is 0 Å². The SMILES string of the molecule is O=C(Cc1csc(NC(=O)OCC23CC4CCCC(C2)C(C4)C3)n1)NO. The molecule has 2 amide bonds. The molecule has 4 rings (SSSR count). The van der Waals surface area contributed by atoms with Crippen molar-refractivity contribution < 1.29 is 19.5 Å². The Hall–Kier alpha value is -1.67. The Morgan fingerprint density at radius 1 is 1.31 bits per heavy atom. The maximum absolute atomic E-state index is 12.2. The van der Waals surface area contributed by atoms with Gasteiger partial charge in [0.25, 0.3) is 0 Å². The average Bonchev–Trinajstić information content (AvgIpc) is 3.10. The van der Waals surface area contributed by atoms with E-state index in [-0.39, 0.29) is 11.8 Å². The van der Waals surface area contributed by atoms with Gasteiger partial charge in [-0.25, -0.2) is 15.3 Å². The van der Waals surface area contributed by atoms with E-state index in [0.29, 0.717) is 17.4 Å². The van der Waals surface area contributed by atoms with Crippen LogP contribution in [0.15, 0.2) is 5.38 Å². The van der Waals surface area contributed by atoms with Crippen LogP contribution in [0.2, 0.25) is 0 Å². The number of aromatic nitrogens is 1. The molecule has 1 aromatic rings. The summed E-state index contributed by atoms with van der Waals surface area (Å²) in [5.74, 6) is 1.93. The number of hydroxylamine groups is 1. The topological polar surface area (TPSA) is 101 Å². The lowest BCUT2D eigenvalue weighted by atomic mass is 9.70. The monoisotopic (exact) mass is 379 g/mol. The summed E-state index contributed by atoms with van der Waals surface area (Å²) in [5, 5.41) is 13.3. The summed E-state index contributed by atoms with van der Waals surface area (Å²) in [6.45, 7) is 0.494. The van der Waals surface area contributed by atoms with Gasteiger partial charge in [0.05, 0.1) is 18.7 Å². The number of hydrogen-bond acceptors (Lipinski definition) is 6. The molecule has 3 bridgehead atoms. The van der Waals surface area contributed by atoms with Crippen molar-refractivity contribution in [2.45, 2.75) is 51.4 Å². The Morgan fingerprint density at radius 3 is 3.00 bits per heavy atom. The zero-order valence-electron chi connectivity index (χ0n) is 14.7. The highest BCUT2D eigenvalue weighted by Crippen LogP contribution is 2.60. The maximum Gasteiger partial charge on any atom is 0.413 e. The number of ether oxygens (including phenoxy) is 1. The Balaban J connectivity index is 1.30. The lowest BCUT2D eigenvalue weighted by Gasteiger charge is -2.37. The second-order valence-corrected chi connectivity index (χ2v) is 9.08. The molecule has 0 saturated heterocycles. The van der Waals surface area contributed by atoms with Crippen LogP contribution in [0.3, 0.4) is 0 Å². The molecular weight excluding hydrogens is 354 g/mol. The van der Waals surface area contributed by atoms with Crippen LogP contribution in [0, 0.1) is 23.2 Å². The van der Waals surface area contributed by atoms with Crippen molar-refractivity contribution in [3.8, 4) is 0 Å². The van der Waals surface area contributed by atoms with Crippen molar-refractivity contribution in [3.05, 3.63) is 11.1 Å². The maximum atomic E-state index is 12.2. The molecule has 1 aromatic heterocycles. The van der Waals surface area contributed by atoms with E-state index in [1.165, 1.54) is 56.3 Å². The van der Waals surface area contributed by atoms with Gasteiger partial charge in [-0.3, -0.25) is 15.3 Å². The quantitative estimate of drug-likeness (QED) is 0.538. The van der Waals surface area contributed by atoms with E-state index < -0.39 is 12.0 Å². The normalized spacial score (nSPS) is 32.1. The number of carbonyl (C=O) groups excluding carboxylic acids is 2. The molecule has 8 heteroatoms. The van der Waals surface area contributed by atoms with Gasteiger partial charge in [-0.15, -0.1) is 11.3 Å². The van der Waals surface area contributed by atoms with E-state index in [1.807, 2.05) is 0 Å². The smallest absolute Gasteiger partial charge is 0.413 e. The van der Waals surface area contributed by atoms with Gasteiger partial charge in [0.1, 0.15) is 0 Å². The van der Waals surface area contributed by atoms with Crippen LogP contribution in [-0.2, 0) is 16.0 Å². The van der Waals surface area contributed by atoms with E-state index in [0.717, 1.165) is 17.8 Å². The average molecular weight is 379 g/mol. The minimum atomic E-state index is -0.540. The minimum Gasteiger partial charge on any atom is -0.449 e. The van der Waals surface area contributed by atoms with Crippen molar-refractivity contribution in [1.29, 1.82) is 0 Å². The van der Waals surface area contributed by atoms with Crippen LogP contribution in [0.25, 0.3) is 0 Å². The Bertz CT molecular complexity index is 690. The van der Waals surface area contributed by atoms with Crippen molar-refractivity contribution in [1.82, 2.24) is 10.5 Å². The Morgan fingerprint density at radius 2 is 2.15 bits per heavy atom. The van der Waals surface area contributed by atoms with Crippen LogP contribution in [0.1, 0.15) is 50.6 Å². The number of hydrogen-bond donors (Lipinski definition) is 3. The number of rotatable bonds is 5. The second kappa shape index (κ2) is 7.15. The standard InChI is InChI=1S/C18H25N3O4S/c22-15(21-24)5-14-9-26-16(19-14)20-17(23)25-10-18-6-11-2-1-3-12(7-18)13(4-11)8-18/h9,11-13,24H,1-8,10H2,(H,21,22)(H,19,20,23). The van der Waals surface area contributed by atoms with E-state index in [1.54, 1.807) is 10.9 Å². The first-order valence-corrected chi connectivity index (χ1v) is 10.2. The molecule has 142 valence electrons. The summed E-state index contributed by atoms with van der Waals surface area (Å²) >= 11 is 1.23. The fourth-order valence-electron chi connectivity index (χ4n) is 5.49. The van der Waals surface area contributed by atoms with Crippen molar-refractivity contribution in [2.24, 2.45) is 23.2 Å². The summed E-state index contributed by atoms with van der Waals surface area (Å²) < 4.78 is 5.58. The zero-order valence-corrected chi connectivity index (χ0v) is 15.5. The van der Waals surface area contributed by atoms with Crippen LogP contribution in [-0.4, -0.2) is 28.8 Å². The number of fused-ring (bicyclic) bond motifs is 2. The summed E-state index contributed by atoms with van der Waals surface area (Å²) in [7, 11) is 0. The number of nitrogens with one attached hydrogen (secondary N) is 2. The number of carbonyl (C=O) groups is 2. The molecule has 0 aliphatic heterocycles. The summed E-state index contributed by atoms with van der Waals surface area (Å²) in [6, 6.07) is 0. The molecule has 4 unspecified atom stereocenters. The van der Waals surface area contributed by atoms with Gasteiger partial charge in [-0.1, -0.05) is 19.3 Å². The third kappa shape index (κ3) is 3.71. The number of thiazole rings is 1. The van der Waals surface area contributed by atoms with Gasteiger partial charge >= 0.3 is 6.09 Å². The first kappa shape index (κ1) is 17.7. The molecular formula is C18H25N3O4S. The molecule has 26 heavy (non-hydrogen) atoms. The lowest BCUT2D eigenvalue weighted by molar-refractivity contribution is -0.128. The van der Waals surface area contributed by atoms with E-state index >= 15 is 0 Å². The molecule has 3 fully saturated rings. The molecule has 7 nitrogen and oxygen atoms in total. The van der Waals surface area contributed by atoms with Crippen molar-refractivity contribution >= 4 is 28.5 Å². The summed E-state index contributed by atoms with van der Waals surface area (Å²) in [5.41, 5.74) is 2.24. The second-order valence-electron chi connectivity index (χ2n) is 8.22. The third-order valence-electron chi connectivity index (χ3n) is 6.34. The third-order valence-corrected chi connectivity index (χ3v) is 7.15. The van der Waals surface area contributed by atoms with Crippen LogP contribution >= 0.6 is 11.3 Å². The molecule has 0 radical (unpaired) electrons. The molecule has 3 aliphatic carbocycles. The van der Waals surface area contributed by atoms with Gasteiger partial charge in [0.15, 0.2) is 5.13 Å². The van der Waals surface area contributed by atoms with E-state index in [4.69, 9.17) is 9.94 Å². The van der Waals surface area contributed by atoms with Gasteiger partial charge in [0.2, 0.25) is 5.91 Å². The number of anilines is 1. The van der Waals surface area contributed by atoms with Gasteiger partial charge in [-0.2, -0.15) is 0 Å². The van der Waals surface area contributed by atoms with Crippen LogP contribution < -0.4 is 10.8 Å². The van der Waals surface area contributed by atoms with Gasteiger partial charge in [0, 0.05) is 10.8 Å². The van der Waals surface area contributed by atoms with E-state index in [9.17, 15) is 9.59 Å².